The van der Waals surface area contributed by atoms with Crippen molar-refractivity contribution >= 4 is 17.0 Å². The lowest BCUT2D eigenvalue weighted by atomic mass is 9.72. The molecule has 0 saturated carbocycles. The molecule has 0 spiro atoms. The van der Waals surface area contributed by atoms with Crippen molar-refractivity contribution in [1.29, 1.82) is 0 Å². The summed E-state index contributed by atoms with van der Waals surface area (Å²) in [7, 11) is 2.18. The van der Waals surface area contributed by atoms with Crippen LogP contribution in [0.5, 0.6) is 11.5 Å². The molecule has 3 aromatic rings. The van der Waals surface area contributed by atoms with Crippen LogP contribution in [0.1, 0.15) is 29.0 Å². The summed E-state index contributed by atoms with van der Waals surface area (Å²) in [6.07, 6.45) is 4.34. The maximum atomic E-state index is 12.2. The Hall–Kier alpha value is -3.19. The highest BCUT2D eigenvalue weighted by atomic mass is 16.5. The highest BCUT2D eigenvalue weighted by molar-refractivity contribution is 5.88. The molecule has 1 fully saturated rings. The SMILES string of the molecule is CN1C[C@H](COC(=O)NCCc2ccc(O)c(O)c2)C[C@@H]2c3cccc4[nH]cc(c34)C[C@H]21. The fourth-order valence-corrected chi connectivity index (χ4v) is 5.45. The summed E-state index contributed by atoms with van der Waals surface area (Å²) in [6, 6.07) is 11.7. The van der Waals surface area contributed by atoms with Gasteiger partial charge in [-0.25, -0.2) is 4.79 Å². The molecule has 1 saturated heterocycles. The van der Waals surface area contributed by atoms with Crippen molar-refractivity contribution in [3.63, 3.8) is 0 Å². The number of alkyl carbamates (subject to hydrolysis) is 1. The number of nitrogens with zero attached hydrogens (tertiary/aromatic N) is 1. The molecule has 1 amide bonds. The summed E-state index contributed by atoms with van der Waals surface area (Å²) in [5, 5.41) is 23.1. The number of aromatic nitrogens is 1. The standard InChI is InChI=1S/C25H29N3O4/c1-28-13-16(14-32-25(31)26-8-7-15-5-6-22(29)23(30)10-15)9-19-18-3-2-4-20-24(18)17(12-27-20)11-21(19)28/h2-6,10,12,16,19,21,27,29-30H,7-9,11,13-14H2,1H3,(H,26,31)/t16-,19-,21-/m1/s1. The van der Waals surface area contributed by atoms with Crippen LogP contribution in [0.25, 0.3) is 10.9 Å². The van der Waals surface area contributed by atoms with Gasteiger partial charge in [0, 0.05) is 48.1 Å². The van der Waals surface area contributed by atoms with E-state index in [4.69, 9.17) is 4.74 Å². The van der Waals surface area contributed by atoms with Crippen LogP contribution in [0.3, 0.4) is 0 Å². The summed E-state index contributed by atoms with van der Waals surface area (Å²) in [6.45, 7) is 1.71. The average molecular weight is 436 g/mol. The number of likely N-dealkylation sites (N-methyl/N-ethyl adjacent to an activating group) is 1. The number of piperidine rings is 1. The van der Waals surface area contributed by atoms with Crippen molar-refractivity contribution in [2.45, 2.75) is 31.2 Å². The predicted molar refractivity (Wildman–Crippen MR) is 122 cm³/mol. The summed E-state index contributed by atoms with van der Waals surface area (Å²) in [4.78, 5) is 18.0. The van der Waals surface area contributed by atoms with Gasteiger partial charge in [-0.2, -0.15) is 0 Å². The lowest BCUT2D eigenvalue weighted by Gasteiger charge is -2.45. The summed E-state index contributed by atoms with van der Waals surface area (Å²) in [5.41, 5.74) is 4.85. The molecule has 4 N–H and O–H groups in total. The maximum absolute atomic E-state index is 12.2. The number of amides is 1. The number of phenolic OH excluding ortho intramolecular Hbond substituents is 2. The highest BCUT2D eigenvalue weighted by Gasteiger charge is 2.39. The Morgan fingerprint density at radius 3 is 2.97 bits per heavy atom. The van der Waals surface area contributed by atoms with Crippen molar-refractivity contribution in [2.75, 3.05) is 26.7 Å². The van der Waals surface area contributed by atoms with Crippen LogP contribution in [0.2, 0.25) is 0 Å². The van der Waals surface area contributed by atoms with E-state index in [0.717, 1.165) is 24.9 Å². The molecule has 0 bridgehead atoms. The highest BCUT2D eigenvalue weighted by Crippen LogP contribution is 2.44. The third-order valence-corrected chi connectivity index (χ3v) is 6.99. The van der Waals surface area contributed by atoms with E-state index >= 15 is 0 Å². The number of H-pyrrole nitrogens is 1. The second-order valence-corrected chi connectivity index (χ2v) is 9.10. The smallest absolute Gasteiger partial charge is 0.407 e. The van der Waals surface area contributed by atoms with E-state index in [9.17, 15) is 15.0 Å². The van der Waals surface area contributed by atoms with E-state index in [1.54, 1.807) is 6.07 Å². The molecule has 2 heterocycles. The Kier molecular flexibility index (Phi) is 5.43. The molecule has 0 unspecified atom stereocenters. The Morgan fingerprint density at radius 1 is 1.25 bits per heavy atom. The first-order valence-corrected chi connectivity index (χ1v) is 11.2. The number of likely N-dealkylation sites (tertiary alicyclic amines) is 1. The number of fused-ring (bicyclic) bond motifs is 2. The van der Waals surface area contributed by atoms with Gasteiger partial charge in [-0.05, 0) is 61.2 Å². The second-order valence-electron chi connectivity index (χ2n) is 9.10. The first-order valence-electron chi connectivity index (χ1n) is 11.2. The van der Waals surface area contributed by atoms with Gasteiger partial charge in [0.2, 0.25) is 0 Å². The Bertz CT molecular complexity index is 1140. The average Bonchev–Trinajstić information content (AvgIpc) is 3.20. The zero-order valence-electron chi connectivity index (χ0n) is 18.2. The summed E-state index contributed by atoms with van der Waals surface area (Å²) >= 11 is 0. The van der Waals surface area contributed by atoms with Gasteiger partial charge in [0.1, 0.15) is 0 Å². The number of aromatic hydroxyl groups is 2. The number of ether oxygens (including phenoxy) is 1. The van der Waals surface area contributed by atoms with E-state index < -0.39 is 6.09 Å². The van der Waals surface area contributed by atoms with Crippen molar-refractivity contribution in [3.8, 4) is 11.5 Å². The minimum atomic E-state index is -0.420. The molecule has 3 atom stereocenters. The van der Waals surface area contributed by atoms with Crippen LogP contribution in [0, 0.1) is 5.92 Å². The lowest BCUT2D eigenvalue weighted by molar-refractivity contribution is 0.0622. The minimum absolute atomic E-state index is 0.150. The molecule has 168 valence electrons. The minimum Gasteiger partial charge on any atom is -0.504 e. The van der Waals surface area contributed by atoms with E-state index in [1.807, 2.05) is 0 Å². The Balaban J connectivity index is 1.16. The molecule has 1 aliphatic heterocycles. The number of carbonyl (C=O) groups excluding carboxylic acids is 1. The number of benzene rings is 2. The van der Waals surface area contributed by atoms with Crippen molar-refractivity contribution in [1.82, 2.24) is 15.2 Å². The topological polar surface area (TPSA) is 97.8 Å². The van der Waals surface area contributed by atoms with Gasteiger partial charge in [0.05, 0.1) is 6.61 Å². The number of rotatable bonds is 5. The molecule has 2 aliphatic rings. The zero-order chi connectivity index (χ0) is 22.2. The predicted octanol–water partition coefficient (Wildman–Crippen LogP) is 3.51. The molecule has 1 aliphatic carbocycles. The van der Waals surface area contributed by atoms with Crippen LogP contribution in [-0.4, -0.2) is 59.0 Å². The van der Waals surface area contributed by atoms with Gasteiger partial charge in [-0.1, -0.05) is 18.2 Å². The van der Waals surface area contributed by atoms with Crippen LogP contribution in [-0.2, 0) is 17.6 Å². The van der Waals surface area contributed by atoms with Crippen molar-refractivity contribution in [2.24, 2.45) is 5.92 Å². The molecule has 7 nitrogen and oxygen atoms in total. The normalized spacial score (nSPS) is 22.5. The quantitative estimate of drug-likeness (QED) is 0.460. The van der Waals surface area contributed by atoms with Gasteiger partial charge < -0.3 is 30.2 Å². The van der Waals surface area contributed by atoms with Crippen LogP contribution in [0.15, 0.2) is 42.6 Å². The molecule has 5 rings (SSSR count). The molecular weight excluding hydrogens is 406 g/mol. The Labute approximate surface area is 187 Å². The number of aromatic amines is 1. The first kappa shape index (κ1) is 20.7. The third-order valence-electron chi connectivity index (χ3n) is 6.99. The maximum Gasteiger partial charge on any atom is 0.407 e. The van der Waals surface area contributed by atoms with Gasteiger partial charge in [-0.15, -0.1) is 0 Å². The van der Waals surface area contributed by atoms with Crippen molar-refractivity contribution < 1.29 is 19.7 Å². The number of hydrogen-bond donors (Lipinski definition) is 4. The van der Waals surface area contributed by atoms with Gasteiger partial charge in [0.25, 0.3) is 0 Å². The molecule has 0 radical (unpaired) electrons. The third kappa shape index (κ3) is 3.88. The fraction of sp³-hybridized carbons (Fsp3) is 0.400. The van der Waals surface area contributed by atoms with Crippen LogP contribution >= 0.6 is 0 Å². The first-order chi connectivity index (χ1) is 15.5. The zero-order valence-corrected chi connectivity index (χ0v) is 18.2. The molecule has 2 aromatic carbocycles. The number of carbonyl (C=O) groups is 1. The largest absolute Gasteiger partial charge is 0.504 e. The van der Waals surface area contributed by atoms with Gasteiger partial charge in [0.15, 0.2) is 11.5 Å². The van der Waals surface area contributed by atoms with E-state index in [2.05, 4.69) is 46.6 Å². The molecule has 7 heteroatoms. The summed E-state index contributed by atoms with van der Waals surface area (Å²) < 4.78 is 5.55. The van der Waals surface area contributed by atoms with Gasteiger partial charge >= 0.3 is 6.09 Å². The van der Waals surface area contributed by atoms with Crippen LogP contribution in [0.4, 0.5) is 4.79 Å². The number of phenols is 2. The van der Waals surface area contributed by atoms with Crippen molar-refractivity contribution in [3.05, 3.63) is 59.3 Å². The van der Waals surface area contributed by atoms with E-state index in [-0.39, 0.29) is 17.4 Å². The lowest BCUT2D eigenvalue weighted by Crippen LogP contribution is -2.49. The molecule has 1 aromatic heterocycles. The van der Waals surface area contributed by atoms with Crippen LogP contribution < -0.4 is 5.32 Å². The molecule has 32 heavy (non-hydrogen) atoms. The van der Waals surface area contributed by atoms with E-state index in [1.165, 1.54) is 34.2 Å². The number of nitrogens with one attached hydrogen (secondary N) is 2. The Morgan fingerprint density at radius 2 is 2.12 bits per heavy atom. The van der Waals surface area contributed by atoms with Gasteiger partial charge in [-0.3, -0.25) is 0 Å². The second kappa shape index (κ2) is 8.39. The fourth-order valence-electron chi connectivity index (χ4n) is 5.45. The molecular formula is C25H29N3O4. The monoisotopic (exact) mass is 435 g/mol. The number of hydrogen-bond acceptors (Lipinski definition) is 5. The van der Waals surface area contributed by atoms with E-state index in [0.29, 0.717) is 31.5 Å². The summed E-state index contributed by atoms with van der Waals surface area (Å²) in [5.74, 6) is 0.425.